The molecule has 19 unspecified atom stereocenters. The number of fused-ring (bicyclic) bond motifs is 4. The summed E-state index contributed by atoms with van der Waals surface area (Å²) in [5.41, 5.74) is -2.82. The highest BCUT2D eigenvalue weighted by molar-refractivity contribution is 5.36. The van der Waals surface area contributed by atoms with Gasteiger partial charge in [0.25, 0.3) is 0 Å². The molecule has 19 atom stereocenters. The highest BCUT2D eigenvalue weighted by Gasteiger charge is 2.89. The molecular formula is C36H58O11. The first-order valence-electron chi connectivity index (χ1n) is 18.2. The maximum Gasteiger partial charge on any atom is 0.199 e. The zero-order valence-corrected chi connectivity index (χ0v) is 29.0. The summed E-state index contributed by atoms with van der Waals surface area (Å²) in [5, 5.41) is 77.1. The van der Waals surface area contributed by atoms with E-state index in [1.54, 1.807) is 13.8 Å². The monoisotopic (exact) mass is 666 g/mol. The molecule has 0 amide bonds. The largest absolute Gasteiger partial charge is 0.394 e. The zero-order chi connectivity index (χ0) is 34.1. The van der Waals surface area contributed by atoms with Crippen LogP contribution in [0.25, 0.3) is 0 Å². The van der Waals surface area contributed by atoms with E-state index in [-0.39, 0.29) is 46.0 Å². The Morgan fingerprint density at radius 1 is 0.872 bits per heavy atom. The van der Waals surface area contributed by atoms with Crippen molar-refractivity contribution in [3.8, 4) is 0 Å². The molecule has 2 bridgehead atoms. The third-order valence-electron chi connectivity index (χ3n) is 16.3. The lowest BCUT2D eigenvalue weighted by Crippen LogP contribution is -2.64. The Morgan fingerprint density at radius 3 is 2.21 bits per heavy atom. The van der Waals surface area contributed by atoms with E-state index in [1.165, 1.54) is 0 Å². The van der Waals surface area contributed by atoms with Gasteiger partial charge >= 0.3 is 0 Å². The van der Waals surface area contributed by atoms with Gasteiger partial charge in [0.2, 0.25) is 0 Å². The Labute approximate surface area is 277 Å². The molecule has 5 aliphatic carbocycles. The van der Waals surface area contributed by atoms with Crippen LogP contribution >= 0.6 is 0 Å². The number of hydrogen-bond donors (Lipinski definition) is 7. The van der Waals surface area contributed by atoms with Gasteiger partial charge in [-0.2, -0.15) is 0 Å². The lowest BCUT2D eigenvalue weighted by Gasteiger charge is -2.64. The van der Waals surface area contributed by atoms with Gasteiger partial charge in [-0.3, -0.25) is 0 Å². The first kappa shape index (κ1) is 33.7. The van der Waals surface area contributed by atoms with E-state index in [9.17, 15) is 35.7 Å². The molecule has 268 valence electrons. The Morgan fingerprint density at radius 2 is 1.55 bits per heavy atom. The van der Waals surface area contributed by atoms with E-state index < -0.39 is 83.9 Å². The minimum Gasteiger partial charge on any atom is -0.394 e. The summed E-state index contributed by atoms with van der Waals surface area (Å²) in [6, 6.07) is 0. The Bertz CT molecular complexity index is 1290. The molecule has 0 aromatic carbocycles. The molecule has 8 aliphatic rings. The van der Waals surface area contributed by atoms with Crippen molar-refractivity contribution >= 4 is 0 Å². The van der Waals surface area contributed by atoms with Crippen LogP contribution in [0.15, 0.2) is 0 Å². The summed E-state index contributed by atoms with van der Waals surface area (Å²) < 4.78 is 25.7. The highest BCUT2D eigenvalue weighted by atomic mass is 16.8. The number of aliphatic hydroxyl groups excluding tert-OH is 6. The van der Waals surface area contributed by atoms with Crippen molar-refractivity contribution in [1.82, 2.24) is 0 Å². The van der Waals surface area contributed by atoms with Crippen molar-refractivity contribution in [2.75, 3.05) is 6.61 Å². The molecule has 3 spiro atoms. The quantitative estimate of drug-likeness (QED) is 0.216. The molecule has 3 aliphatic heterocycles. The highest BCUT2D eigenvalue weighted by Crippen LogP contribution is 2.90. The summed E-state index contributed by atoms with van der Waals surface area (Å²) in [6.07, 6.45) is -4.09. The standard InChI is InChI=1S/C36H58O11/c1-16-12-17-27(31(4,5)43)47-36(46-17)26(16)32(6)10-11-34-15-35(34)19(8-9-20(34)33(32,7)29(36)42)30(2,3)22(13-21(35)38)45-28-25(41)24(40)23(39)18(14-37)44-28/h16-29,37-43H,8-15H2,1-7H3. The van der Waals surface area contributed by atoms with Gasteiger partial charge in [0, 0.05) is 23.2 Å². The molecule has 11 nitrogen and oxygen atoms in total. The van der Waals surface area contributed by atoms with Crippen LogP contribution in [0.2, 0.25) is 0 Å². The minimum absolute atomic E-state index is 0.0209. The third kappa shape index (κ3) is 3.76. The lowest BCUT2D eigenvalue weighted by molar-refractivity contribution is -0.331. The van der Waals surface area contributed by atoms with E-state index in [0.29, 0.717) is 6.42 Å². The zero-order valence-electron chi connectivity index (χ0n) is 29.0. The summed E-state index contributed by atoms with van der Waals surface area (Å²) >= 11 is 0. The molecule has 3 heterocycles. The van der Waals surface area contributed by atoms with Crippen molar-refractivity contribution in [3.63, 3.8) is 0 Å². The second kappa shape index (κ2) is 9.91. The molecule has 7 N–H and O–H groups in total. The van der Waals surface area contributed by atoms with Gasteiger partial charge in [-0.05, 0) is 86.4 Å². The van der Waals surface area contributed by atoms with Gasteiger partial charge in [0.1, 0.15) is 36.6 Å². The predicted octanol–water partition coefficient (Wildman–Crippen LogP) is 1.45. The molecule has 8 rings (SSSR count). The Balaban J connectivity index is 1.11. The van der Waals surface area contributed by atoms with Crippen LogP contribution in [0.3, 0.4) is 0 Å². The first-order chi connectivity index (χ1) is 21.8. The van der Waals surface area contributed by atoms with E-state index in [0.717, 1.165) is 38.5 Å². The molecule has 0 aromatic heterocycles. The molecule has 5 saturated carbocycles. The van der Waals surface area contributed by atoms with E-state index in [4.69, 9.17) is 18.9 Å². The van der Waals surface area contributed by atoms with Gasteiger partial charge in [0.05, 0.1) is 30.5 Å². The molecule has 3 saturated heterocycles. The summed E-state index contributed by atoms with van der Waals surface area (Å²) in [5.74, 6) is -0.686. The molecular weight excluding hydrogens is 608 g/mol. The molecule has 0 radical (unpaired) electrons. The molecule has 0 aromatic rings. The van der Waals surface area contributed by atoms with Gasteiger partial charge in [-0.25, -0.2) is 0 Å². The van der Waals surface area contributed by atoms with Crippen molar-refractivity contribution in [2.24, 2.45) is 50.7 Å². The van der Waals surface area contributed by atoms with Crippen LogP contribution in [0.5, 0.6) is 0 Å². The van der Waals surface area contributed by atoms with Crippen molar-refractivity contribution in [1.29, 1.82) is 0 Å². The second-order valence-corrected chi connectivity index (χ2v) is 18.8. The van der Waals surface area contributed by atoms with Crippen LogP contribution < -0.4 is 0 Å². The predicted molar refractivity (Wildman–Crippen MR) is 166 cm³/mol. The topological polar surface area (TPSA) is 179 Å². The SMILES string of the molecule is CC1CC2OC3(OC2C(C)(C)O)C1C1(C)CCC24CC25C(O)CC(OC2OC(CO)C(O)C(O)C2O)C(C)(C)C5CCC4C1(C)C3O. The fraction of sp³-hybridized carbons (Fsp3) is 1.00. The fourth-order valence-corrected chi connectivity index (χ4v) is 14.2. The van der Waals surface area contributed by atoms with Crippen LogP contribution in [-0.2, 0) is 18.9 Å². The summed E-state index contributed by atoms with van der Waals surface area (Å²) in [4.78, 5) is 0. The Kier molecular flexibility index (Phi) is 7.10. The van der Waals surface area contributed by atoms with Crippen molar-refractivity contribution in [2.45, 2.75) is 166 Å². The number of ether oxygens (including phenoxy) is 4. The van der Waals surface area contributed by atoms with E-state index >= 15 is 0 Å². The third-order valence-corrected chi connectivity index (χ3v) is 16.3. The smallest absolute Gasteiger partial charge is 0.199 e. The number of aliphatic hydroxyl groups is 7. The van der Waals surface area contributed by atoms with Gasteiger partial charge < -0.3 is 54.7 Å². The fourth-order valence-electron chi connectivity index (χ4n) is 14.2. The van der Waals surface area contributed by atoms with Crippen LogP contribution in [-0.4, -0.2) is 115 Å². The average molecular weight is 667 g/mol. The maximum atomic E-state index is 12.7. The molecule has 11 heteroatoms. The maximum absolute atomic E-state index is 12.7. The van der Waals surface area contributed by atoms with Crippen molar-refractivity contribution in [3.05, 3.63) is 0 Å². The van der Waals surface area contributed by atoms with Crippen LogP contribution in [0.4, 0.5) is 0 Å². The first-order valence-corrected chi connectivity index (χ1v) is 18.2. The van der Waals surface area contributed by atoms with E-state index in [1.807, 2.05) is 0 Å². The van der Waals surface area contributed by atoms with Gasteiger partial charge in [0.15, 0.2) is 12.1 Å². The number of rotatable bonds is 4. The molecule has 8 fully saturated rings. The minimum atomic E-state index is -1.53. The summed E-state index contributed by atoms with van der Waals surface area (Å²) in [7, 11) is 0. The normalized spacial score (nSPS) is 62.2. The second-order valence-electron chi connectivity index (χ2n) is 18.8. The Hall–Kier alpha value is -0.440. The van der Waals surface area contributed by atoms with Gasteiger partial charge in [-0.1, -0.05) is 34.6 Å². The average Bonchev–Trinajstić information content (AvgIpc) is 3.55. The van der Waals surface area contributed by atoms with Crippen LogP contribution in [0.1, 0.15) is 93.4 Å². The number of hydrogen-bond acceptors (Lipinski definition) is 11. The van der Waals surface area contributed by atoms with Crippen LogP contribution in [0, 0.1) is 50.7 Å². The lowest BCUT2D eigenvalue weighted by atomic mass is 9.41. The summed E-state index contributed by atoms with van der Waals surface area (Å²) in [6.45, 7) is 14.2. The van der Waals surface area contributed by atoms with E-state index in [2.05, 4.69) is 34.6 Å². The van der Waals surface area contributed by atoms with Crippen molar-refractivity contribution < 1.29 is 54.7 Å². The van der Waals surface area contributed by atoms with Gasteiger partial charge in [-0.15, -0.1) is 0 Å². The molecule has 47 heavy (non-hydrogen) atoms.